The lowest BCUT2D eigenvalue weighted by atomic mass is 9.83. The Hall–Kier alpha value is -0.790. The van der Waals surface area contributed by atoms with E-state index in [4.69, 9.17) is 4.74 Å². The second-order valence-electron chi connectivity index (χ2n) is 4.56. The lowest BCUT2D eigenvalue weighted by Crippen LogP contribution is -2.30. The maximum absolute atomic E-state index is 11.4. The van der Waals surface area contributed by atoms with Gasteiger partial charge in [-0.1, -0.05) is 26.3 Å². The second-order valence-corrected chi connectivity index (χ2v) is 4.56. The molecule has 15 heavy (non-hydrogen) atoms. The average Bonchev–Trinajstić information content (AvgIpc) is 2.21. The van der Waals surface area contributed by atoms with Crippen molar-refractivity contribution in [2.75, 3.05) is 0 Å². The van der Waals surface area contributed by atoms with Gasteiger partial charge in [0, 0.05) is 5.57 Å². The molecule has 1 fully saturated rings. The van der Waals surface area contributed by atoms with Crippen molar-refractivity contribution in [1.82, 2.24) is 0 Å². The van der Waals surface area contributed by atoms with E-state index in [9.17, 15) is 4.79 Å². The first-order chi connectivity index (χ1) is 7.15. The molecule has 1 saturated carbocycles. The zero-order chi connectivity index (χ0) is 11.3. The van der Waals surface area contributed by atoms with Crippen LogP contribution in [0.5, 0.6) is 0 Å². The molecule has 2 atom stereocenters. The van der Waals surface area contributed by atoms with E-state index >= 15 is 0 Å². The number of hydrogen-bond donors (Lipinski definition) is 0. The summed E-state index contributed by atoms with van der Waals surface area (Å²) in [5, 5.41) is 0. The van der Waals surface area contributed by atoms with E-state index in [1.54, 1.807) is 6.92 Å². The van der Waals surface area contributed by atoms with Crippen LogP contribution in [0.25, 0.3) is 0 Å². The Balaban J connectivity index is 2.48. The summed E-state index contributed by atoms with van der Waals surface area (Å²) < 4.78 is 5.48. The lowest BCUT2D eigenvalue weighted by Gasteiger charge is -2.31. The highest BCUT2D eigenvalue weighted by atomic mass is 16.5. The fourth-order valence-corrected chi connectivity index (χ4v) is 2.27. The van der Waals surface area contributed by atoms with E-state index in [-0.39, 0.29) is 12.1 Å². The van der Waals surface area contributed by atoms with Gasteiger partial charge in [-0.15, -0.1) is 0 Å². The summed E-state index contributed by atoms with van der Waals surface area (Å²) >= 11 is 0. The van der Waals surface area contributed by atoms with E-state index in [2.05, 4.69) is 13.5 Å². The molecule has 2 heteroatoms. The van der Waals surface area contributed by atoms with Crippen molar-refractivity contribution in [2.45, 2.75) is 58.5 Å². The molecule has 0 aromatic rings. The first-order valence-electron chi connectivity index (χ1n) is 6.01. The highest BCUT2D eigenvalue weighted by molar-refractivity contribution is 5.87. The Morgan fingerprint density at radius 2 is 2.07 bits per heavy atom. The molecule has 0 aliphatic heterocycles. The van der Waals surface area contributed by atoms with Crippen LogP contribution in [-0.4, -0.2) is 12.1 Å². The summed E-state index contributed by atoms with van der Waals surface area (Å²) in [6.45, 7) is 7.51. The largest absolute Gasteiger partial charge is 0.459 e. The summed E-state index contributed by atoms with van der Waals surface area (Å²) in [5.41, 5.74) is 0.510. The van der Waals surface area contributed by atoms with Gasteiger partial charge in [0.05, 0.1) is 0 Å². The summed E-state index contributed by atoms with van der Waals surface area (Å²) in [5.74, 6) is 0.357. The van der Waals surface area contributed by atoms with Gasteiger partial charge in [0.25, 0.3) is 0 Å². The van der Waals surface area contributed by atoms with Gasteiger partial charge >= 0.3 is 5.97 Å². The van der Waals surface area contributed by atoms with Crippen molar-refractivity contribution in [1.29, 1.82) is 0 Å². The number of ether oxygens (including phenoxy) is 1. The molecule has 0 bridgehead atoms. The summed E-state index contributed by atoms with van der Waals surface area (Å²) in [4.78, 5) is 11.4. The second kappa shape index (κ2) is 5.94. The van der Waals surface area contributed by atoms with E-state index in [1.165, 1.54) is 32.1 Å². The van der Waals surface area contributed by atoms with Crippen molar-refractivity contribution in [2.24, 2.45) is 5.92 Å². The Morgan fingerprint density at radius 3 is 2.67 bits per heavy atom. The van der Waals surface area contributed by atoms with Gasteiger partial charge in [0.15, 0.2) is 0 Å². The SMILES string of the molecule is C=C(C)C(=O)OC1CCCCC1CCC. The van der Waals surface area contributed by atoms with Crippen LogP contribution in [-0.2, 0) is 9.53 Å². The van der Waals surface area contributed by atoms with Crippen molar-refractivity contribution in [3.63, 3.8) is 0 Å². The molecule has 0 spiro atoms. The average molecular weight is 210 g/mol. The third-order valence-electron chi connectivity index (χ3n) is 3.11. The third-order valence-corrected chi connectivity index (χ3v) is 3.11. The molecule has 1 rings (SSSR count). The van der Waals surface area contributed by atoms with Gasteiger partial charge in [-0.25, -0.2) is 4.79 Å². The van der Waals surface area contributed by atoms with Crippen LogP contribution in [0.1, 0.15) is 52.4 Å². The standard InChI is InChI=1S/C13H22O2/c1-4-7-11-8-5-6-9-12(11)15-13(14)10(2)3/h11-12H,2,4-9H2,1,3H3. The normalized spacial score (nSPS) is 26.0. The number of carbonyl (C=O) groups is 1. The molecule has 0 N–H and O–H groups in total. The van der Waals surface area contributed by atoms with E-state index in [0.29, 0.717) is 11.5 Å². The van der Waals surface area contributed by atoms with Crippen LogP contribution < -0.4 is 0 Å². The molecule has 0 heterocycles. The maximum Gasteiger partial charge on any atom is 0.333 e. The fraction of sp³-hybridized carbons (Fsp3) is 0.769. The van der Waals surface area contributed by atoms with Gasteiger partial charge in [0.2, 0.25) is 0 Å². The van der Waals surface area contributed by atoms with E-state index < -0.39 is 0 Å². The number of carbonyl (C=O) groups excluding carboxylic acids is 1. The molecule has 0 amide bonds. The van der Waals surface area contributed by atoms with Crippen molar-refractivity contribution >= 4 is 5.97 Å². The molecule has 1 aliphatic carbocycles. The number of hydrogen-bond acceptors (Lipinski definition) is 2. The number of esters is 1. The van der Waals surface area contributed by atoms with Gasteiger partial charge in [0.1, 0.15) is 6.10 Å². The smallest absolute Gasteiger partial charge is 0.333 e. The molecule has 0 aromatic carbocycles. The van der Waals surface area contributed by atoms with Crippen molar-refractivity contribution in [3.8, 4) is 0 Å². The maximum atomic E-state index is 11.4. The van der Waals surface area contributed by atoms with Gasteiger partial charge in [-0.05, 0) is 38.5 Å². The van der Waals surface area contributed by atoms with Crippen molar-refractivity contribution in [3.05, 3.63) is 12.2 Å². The van der Waals surface area contributed by atoms with Crippen LogP contribution in [0.15, 0.2) is 12.2 Å². The predicted molar refractivity (Wildman–Crippen MR) is 61.6 cm³/mol. The minimum atomic E-state index is -0.219. The summed E-state index contributed by atoms with van der Waals surface area (Å²) in [7, 11) is 0. The first kappa shape index (κ1) is 12.3. The zero-order valence-electron chi connectivity index (χ0n) is 9.92. The molecule has 1 aliphatic rings. The minimum absolute atomic E-state index is 0.142. The number of rotatable bonds is 4. The highest BCUT2D eigenvalue weighted by Gasteiger charge is 2.27. The molecular weight excluding hydrogens is 188 g/mol. The van der Waals surface area contributed by atoms with Gasteiger partial charge < -0.3 is 4.74 Å². The zero-order valence-corrected chi connectivity index (χ0v) is 9.92. The summed E-state index contributed by atoms with van der Waals surface area (Å²) in [6.07, 6.45) is 7.20. The third kappa shape index (κ3) is 3.69. The molecule has 0 radical (unpaired) electrons. The van der Waals surface area contributed by atoms with Crippen LogP contribution in [0.3, 0.4) is 0 Å². The van der Waals surface area contributed by atoms with Gasteiger partial charge in [-0.3, -0.25) is 0 Å². The monoisotopic (exact) mass is 210 g/mol. The van der Waals surface area contributed by atoms with Gasteiger partial charge in [-0.2, -0.15) is 0 Å². The van der Waals surface area contributed by atoms with Crippen LogP contribution in [0.2, 0.25) is 0 Å². The molecule has 2 nitrogen and oxygen atoms in total. The lowest BCUT2D eigenvalue weighted by molar-refractivity contribution is -0.148. The molecular formula is C13H22O2. The Morgan fingerprint density at radius 1 is 1.40 bits per heavy atom. The Kier molecular flexibility index (Phi) is 4.86. The quantitative estimate of drug-likeness (QED) is 0.524. The highest BCUT2D eigenvalue weighted by Crippen LogP contribution is 2.30. The van der Waals surface area contributed by atoms with E-state index in [0.717, 1.165) is 6.42 Å². The van der Waals surface area contributed by atoms with Crippen LogP contribution in [0.4, 0.5) is 0 Å². The molecule has 0 aromatic heterocycles. The Labute approximate surface area is 92.7 Å². The fourth-order valence-electron chi connectivity index (χ4n) is 2.27. The summed E-state index contributed by atoms with van der Waals surface area (Å²) in [6, 6.07) is 0. The topological polar surface area (TPSA) is 26.3 Å². The van der Waals surface area contributed by atoms with Crippen LogP contribution >= 0.6 is 0 Å². The Bertz CT molecular complexity index is 231. The molecule has 0 saturated heterocycles. The minimum Gasteiger partial charge on any atom is -0.459 e. The first-order valence-corrected chi connectivity index (χ1v) is 6.01. The predicted octanol–water partition coefficient (Wildman–Crippen LogP) is 3.46. The van der Waals surface area contributed by atoms with Crippen LogP contribution in [0, 0.1) is 5.92 Å². The van der Waals surface area contributed by atoms with E-state index in [1.807, 2.05) is 0 Å². The van der Waals surface area contributed by atoms with Crippen molar-refractivity contribution < 1.29 is 9.53 Å². The molecule has 86 valence electrons. The molecule has 2 unspecified atom stereocenters.